The summed E-state index contributed by atoms with van der Waals surface area (Å²) in [6, 6.07) is 11.8. The van der Waals surface area contributed by atoms with Crippen molar-refractivity contribution in [2.45, 2.75) is 33.1 Å². The molecule has 1 N–H and O–H groups in total. The third-order valence-electron chi connectivity index (χ3n) is 4.87. The quantitative estimate of drug-likeness (QED) is 0.769. The molecule has 0 spiro atoms. The summed E-state index contributed by atoms with van der Waals surface area (Å²) < 4.78 is 7.21. The average molecular weight is 362 g/mol. The van der Waals surface area contributed by atoms with Crippen LogP contribution in [0.15, 0.2) is 36.4 Å². The summed E-state index contributed by atoms with van der Waals surface area (Å²) in [4.78, 5) is 17.4. The first-order valence-electron chi connectivity index (χ1n) is 9.07. The van der Waals surface area contributed by atoms with Gasteiger partial charge in [0, 0.05) is 17.0 Å². The second kappa shape index (κ2) is 6.87. The molecule has 6 heteroatoms. The molecule has 0 bridgehead atoms. The van der Waals surface area contributed by atoms with E-state index in [1.54, 1.807) is 13.2 Å². The fourth-order valence-corrected chi connectivity index (χ4v) is 3.48. The summed E-state index contributed by atoms with van der Waals surface area (Å²) in [6.07, 6.45) is 2.82. The van der Waals surface area contributed by atoms with Crippen molar-refractivity contribution in [2.24, 2.45) is 0 Å². The highest BCUT2D eigenvalue weighted by atomic mass is 16.5. The molecule has 0 atom stereocenters. The Hall–Kier alpha value is -3.15. The third kappa shape index (κ3) is 3.18. The van der Waals surface area contributed by atoms with Crippen LogP contribution in [-0.2, 0) is 12.8 Å². The molecule has 1 aliphatic rings. The number of anilines is 1. The Morgan fingerprint density at radius 3 is 2.63 bits per heavy atom. The highest BCUT2D eigenvalue weighted by Gasteiger charge is 2.27. The Kier molecular flexibility index (Phi) is 4.39. The standard InChI is InChI=1S/C21H22N4O2/c1-13-7-10-15(11-8-13)25-17-6-4-5-16(17)19(24-25)21(26)23-20-18(27-3)12-9-14(2)22-20/h7-12H,4-6H2,1-3H3,(H,22,23,26). The molecule has 6 nitrogen and oxygen atoms in total. The summed E-state index contributed by atoms with van der Waals surface area (Å²) in [5, 5.41) is 7.51. The highest BCUT2D eigenvalue weighted by molar-refractivity contribution is 6.04. The van der Waals surface area contributed by atoms with E-state index in [1.807, 2.05) is 29.8 Å². The highest BCUT2D eigenvalue weighted by Crippen LogP contribution is 2.29. The van der Waals surface area contributed by atoms with E-state index in [0.29, 0.717) is 17.3 Å². The van der Waals surface area contributed by atoms with Crippen LogP contribution in [0.25, 0.3) is 5.69 Å². The van der Waals surface area contributed by atoms with Gasteiger partial charge in [-0.2, -0.15) is 5.10 Å². The van der Waals surface area contributed by atoms with Crippen LogP contribution in [0.5, 0.6) is 5.75 Å². The molecule has 4 rings (SSSR count). The van der Waals surface area contributed by atoms with Crippen molar-refractivity contribution in [2.75, 3.05) is 12.4 Å². The number of pyridine rings is 1. The van der Waals surface area contributed by atoms with Crippen LogP contribution < -0.4 is 10.1 Å². The summed E-state index contributed by atoms with van der Waals surface area (Å²) in [6.45, 7) is 3.93. The van der Waals surface area contributed by atoms with Crippen LogP contribution in [0.1, 0.15) is 39.4 Å². The molecule has 1 amide bonds. The summed E-state index contributed by atoms with van der Waals surface area (Å²) >= 11 is 0. The number of benzene rings is 1. The van der Waals surface area contributed by atoms with E-state index < -0.39 is 0 Å². The molecule has 0 saturated heterocycles. The lowest BCUT2D eigenvalue weighted by atomic mass is 10.2. The zero-order valence-electron chi connectivity index (χ0n) is 15.7. The minimum Gasteiger partial charge on any atom is -0.493 e. The molecule has 0 aliphatic heterocycles. The number of aromatic nitrogens is 3. The minimum absolute atomic E-state index is 0.254. The van der Waals surface area contributed by atoms with Gasteiger partial charge in [-0.15, -0.1) is 0 Å². The number of aryl methyl sites for hydroxylation is 2. The predicted molar refractivity (Wildman–Crippen MR) is 104 cm³/mol. The lowest BCUT2D eigenvalue weighted by Gasteiger charge is -2.09. The Morgan fingerprint density at radius 1 is 1.11 bits per heavy atom. The maximum absolute atomic E-state index is 13.0. The maximum atomic E-state index is 13.0. The van der Waals surface area contributed by atoms with E-state index in [0.717, 1.165) is 41.9 Å². The van der Waals surface area contributed by atoms with Gasteiger partial charge in [-0.1, -0.05) is 17.7 Å². The van der Waals surface area contributed by atoms with Gasteiger partial charge >= 0.3 is 0 Å². The van der Waals surface area contributed by atoms with Gasteiger partial charge in [-0.3, -0.25) is 4.79 Å². The molecule has 0 saturated carbocycles. The van der Waals surface area contributed by atoms with E-state index >= 15 is 0 Å². The van der Waals surface area contributed by atoms with Gasteiger partial charge in [0.15, 0.2) is 17.3 Å². The molecule has 0 unspecified atom stereocenters. The number of amides is 1. The van der Waals surface area contributed by atoms with Crippen LogP contribution in [0.3, 0.4) is 0 Å². The first-order valence-corrected chi connectivity index (χ1v) is 9.07. The Bertz CT molecular complexity index is 1010. The molecular formula is C21H22N4O2. The van der Waals surface area contributed by atoms with Crippen LogP contribution in [0.4, 0.5) is 5.82 Å². The number of hydrogen-bond acceptors (Lipinski definition) is 4. The maximum Gasteiger partial charge on any atom is 0.277 e. The molecule has 138 valence electrons. The first-order chi connectivity index (χ1) is 13.1. The van der Waals surface area contributed by atoms with Crippen molar-refractivity contribution in [1.29, 1.82) is 0 Å². The molecule has 1 aliphatic carbocycles. The second-order valence-electron chi connectivity index (χ2n) is 6.83. The number of nitrogens with zero attached hydrogens (tertiary/aromatic N) is 3. The lowest BCUT2D eigenvalue weighted by molar-refractivity contribution is 0.102. The Morgan fingerprint density at radius 2 is 1.89 bits per heavy atom. The minimum atomic E-state index is -0.254. The van der Waals surface area contributed by atoms with Crippen molar-refractivity contribution in [3.63, 3.8) is 0 Å². The average Bonchev–Trinajstić information content (AvgIpc) is 3.25. The van der Waals surface area contributed by atoms with Gasteiger partial charge < -0.3 is 10.1 Å². The van der Waals surface area contributed by atoms with Gasteiger partial charge in [0.05, 0.1) is 12.8 Å². The molecule has 0 fully saturated rings. The van der Waals surface area contributed by atoms with Crippen molar-refractivity contribution in [1.82, 2.24) is 14.8 Å². The number of carbonyl (C=O) groups excluding carboxylic acids is 1. The largest absolute Gasteiger partial charge is 0.493 e. The van der Waals surface area contributed by atoms with E-state index in [1.165, 1.54) is 5.56 Å². The molecular weight excluding hydrogens is 340 g/mol. The van der Waals surface area contributed by atoms with Gasteiger partial charge in [0.1, 0.15) is 0 Å². The van der Waals surface area contributed by atoms with Crippen LogP contribution >= 0.6 is 0 Å². The van der Waals surface area contributed by atoms with E-state index in [4.69, 9.17) is 4.74 Å². The van der Waals surface area contributed by atoms with Crippen LogP contribution in [-0.4, -0.2) is 27.8 Å². The van der Waals surface area contributed by atoms with Crippen molar-refractivity contribution < 1.29 is 9.53 Å². The fourth-order valence-electron chi connectivity index (χ4n) is 3.48. The molecule has 2 aromatic heterocycles. The number of carbonyl (C=O) groups is 1. The smallest absolute Gasteiger partial charge is 0.277 e. The Labute approximate surface area is 158 Å². The van der Waals surface area contributed by atoms with Crippen LogP contribution in [0.2, 0.25) is 0 Å². The zero-order valence-corrected chi connectivity index (χ0v) is 15.7. The van der Waals surface area contributed by atoms with E-state index in [-0.39, 0.29) is 5.91 Å². The zero-order chi connectivity index (χ0) is 19.0. The van der Waals surface area contributed by atoms with Crippen LogP contribution in [0, 0.1) is 13.8 Å². The topological polar surface area (TPSA) is 69.0 Å². The first kappa shape index (κ1) is 17.3. The van der Waals surface area contributed by atoms with Gasteiger partial charge in [0.2, 0.25) is 0 Å². The van der Waals surface area contributed by atoms with Gasteiger partial charge in [-0.05, 0) is 57.4 Å². The summed E-state index contributed by atoms with van der Waals surface area (Å²) in [5.41, 5.74) is 5.59. The molecule has 3 aromatic rings. The lowest BCUT2D eigenvalue weighted by Crippen LogP contribution is -2.16. The number of rotatable bonds is 4. The SMILES string of the molecule is COc1ccc(C)nc1NC(=O)c1nn(-c2ccc(C)cc2)c2c1CCC2. The Balaban J connectivity index is 1.70. The number of hydrogen-bond donors (Lipinski definition) is 1. The van der Waals surface area contributed by atoms with Crippen molar-refractivity contribution in [3.8, 4) is 11.4 Å². The fraction of sp³-hybridized carbons (Fsp3) is 0.286. The molecule has 27 heavy (non-hydrogen) atoms. The predicted octanol–water partition coefficient (Wildman–Crippen LogP) is 3.63. The normalized spacial score (nSPS) is 12.7. The van der Waals surface area contributed by atoms with Crippen molar-refractivity contribution in [3.05, 3.63) is 64.6 Å². The second-order valence-corrected chi connectivity index (χ2v) is 6.83. The molecule has 0 radical (unpaired) electrons. The van der Waals surface area contributed by atoms with Gasteiger partial charge in [-0.25, -0.2) is 9.67 Å². The van der Waals surface area contributed by atoms with E-state index in [2.05, 4.69) is 34.5 Å². The van der Waals surface area contributed by atoms with E-state index in [9.17, 15) is 4.79 Å². The molecule has 1 aromatic carbocycles. The summed E-state index contributed by atoms with van der Waals surface area (Å²) in [7, 11) is 1.56. The number of methoxy groups -OCH3 is 1. The van der Waals surface area contributed by atoms with Gasteiger partial charge in [0.25, 0.3) is 5.91 Å². The third-order valence-corrected chi connectivity index (χ3v) is 4.87. The number of nitrogens with one attached hydrogen (secondary N) is 1. The monoisotopic (exact) mass is 362 g/mol. The molecule has 2 heterocycles. The summed E-state index contributed by atoms with van der Waals surface area (Å²) in [5.74, 6) is 0.693. The number of fused-ring (bicyclic) bond motifs is 1. The number of ether oxygens (including phenoxy) is 1. The van der Waals surface area contributed by atoms with Crippen molar-refractivity contribution >= 4 is 11.7 Å².